The zero-order chi connectivity index (χ0) is 9.35. The molecule has 1 aromatic rings. The van der Waals surface area contributed by atoms with Crippen molar-refractivity contribution in [2.24, 2.45) is 0 Å². The van der Waals surface area contributed by atoms with E-state index in [4.69, 9.17) is 4.11 Å². The van der Waals surface area contributed by atoms with Crippen molar-refractivity contribution < 1.29 is 8.50 Å². The molecule has 0 aliphatic rings. The molecule has 0 saturated heterocycles. The zero-order valence-electron chi connectivity index (χ0n) is 7.49. The normalized spacial score (nSPS) is 16.0. The van der Waals surface area contributed by atoms with Gasteiger partial charge in [0.25, 0.3) is 0 Å². The van der Waals surface area contributed by atoms with Gasteiger partial charge in [-0.05, 0) is 30.6 Å². The molecule has 0 aromatic heterocycles. The molecule has 1 aromatic carbocycles. The van der Waals surface area contributed by atoms with Crippen molar-refractivity contribution in [1.82, 2.24) is 0 Å². The molecule has 0 bridgehead atoms. The fourth-order valence-corrected chi connectivity index (χ4v) is 0.859. The van der Waals surface area contributed by atoms with E-state index in [0.29, 0.717) is 4.47 Å². The van der Waals surface area contributed by atoms with Gasteiger partial charge in [-0.1, -0.05) is 15.9 Å². The van der Waals surface area contributed by atoms with Crippen molar-refractivity contribution in [3.8, 4) is 0 Å². The predicted molar refractivity (Wildman–Crippen MR) is 38.8 cm³/mol. The number of aryl methyl sites for hydroxylation is 1. The third-order valence-electron chi connectivity index (χ3n) is 0.928. The first-order valence-corrected chi connectivity index (χ1v) is 3.16. The average Bonchev–Trinajstić information content (AvgIpc) is 1.92. The van der Waals surface area contributed by atoms with Crippen LogP contribution in [0.4, 0.5) is 4.39 Å². The molecule has 0 saturated carbocycles. The van der Waals surface area contributed by atoms with Crippen LogP contribution in [0.1, 0.15) is 9.68 Å². The largest absolute Gasteiger partial charge is 0.207 e. The van der Waals surface area contributed by atoms with Gasteiger partial charge >= 0.3 is 0 Å². The highest BCUT2D eigenvalue weighted by Crippen LogP contribution is 2.13. The van der Waals surface area contributed by atoms with E-state index >= 15 is 0 Å². The Morgan fingerprint density at radius 1 is 1.67 bits per heavy atom. The van der Waals surface area contributed by atoms with E-state index in [1.807, 2.05) is 0 Å². The number of benzene rings is 1. The number of rotatable bonds is 0. The average molecular weight is 192 g/mol. The molecule has 0 aliphatic heterocycles. The lowest BCUT2D eigenvalue weighted by Gasteiger charge is -1.93. The Labute approximate surface area is 66.0 Å². The summed E-state index contributed by atoms with van der Waals surface area (Å²) in [6.45, 7) is -2.38. The lowest BCUT2D eigenvalue weighted by atomic mass is 10.2. The molecule has 9 heavy (non-hydrogen) atoms. The lowest BCUT2D eigenvalue weighted by molar-refractivity contribution is 0.618. The van der Waals surface area contributed by atoms with Gasteiger partial charge in [-0.25, -0.2) is 4.39 Å². The fraction of sp³-hybridized carbons (Fsp3) is 0.143. The monoisotopic (exact) mass is 191 g/mol. The topological polar surface area (TPSA) is 0 Å². The summed E-state index contributed by atoms with van der Waals surface area (Å²) >= 11 is 3.07. The highest BCUT2D eigenvalue weighted by molar-refractivity contribution is 9.10. The highest BCUT2D eigenvalue weighted by Gasteiger charge is 1.94. The van der Waals surface area contributed by atoms with Crippen molar-refractivity contribution in [3.63, 3.8) is 0 Å². The van der Waals surface area contributed by atoms with Gasteiger partial charge in [0.05, 0.1) is 0 Å². The van der Waals surface area contributed by atoms with Gasteiger partial charge in [0.2, 0.25) is 0 Å². The summed E-state index contributed by atoms with van der Waals surface area (Å²) in [5.41, 5.74) is -0.253. The molecule has 0 atom stereocenters. The summed E-state index contributed by atoms with van der Waals surface area (Å²) in [6.07, 6.45) is 0. The Bertz CT molecular complexity index is 295. The van der Waals surface area contributed by atoms with Crippen molar-refractivity contribution in [2.45, 2.75) is 6.85 Å². The van der Waals surface area contributed by atoms with Gasteiger partial charge in [-0.15, -0.1) is 0 Å². The fourth-order valence-electron chi connectivity index (χ4n) is 0.497. The predicted octanol–water partition coefficient (Wildman–Crippen LogP) is 2.90. The molecule has 0 aliphatic carbocycles. The van der Waals surface area contributed by atoms with E-state index in [-0.39, 0.29) is 5.56 Å². The van der Waals surface area contributed by atoms with Crippen LogP contribution >= 0.6 is 15.9 Å². The van der Waals surface area contributed by atoms with Crippen LogP contribution in [-0.2, 0) is 0 Å². The first-order valence-electron chi connectivity index (χ1n) is 3.87. The van der Waals surface area contributed by atoms with Crippen LogP contribution < -0.4 is 0 Å². The third kappa shape index (κ3) is 1.52. The van der Waals surface area contributed by atoms with E-state index in [1.165, 1.54) is 12.1 Å². The van der Waals surface area contributed by atoms with E-state index < -0.39 is 12.7 Å². The van der Waals surface area contributed by atoms with Crippen LogP contribution in [0.2, 0.25) is 0 Å². The standard InChI is InChI=1S/C7H6BrF/c1-5-4-6(8)2-3-7(5)9/h2-4H,1H3/i1D3. The van der Waals surface area contributed by atoms with E-state index in [0.717, 1.165) is 6.07 Å². The molecular formula is C7H6BrF. The van der Waals surface area contributed by atoms with Gasteiger partial charge in [-0.2, -0.15) is 0 Å². The van der Waals surface area contributed by atoms with E-state index in [1.54, 1.807) is 0 Å². The van der Waals surface area contributed by atoms with Crippen LogP contribution in [-0.4, -0.2) is 0 Å². The lowest BCUT2D eigenvalue weighted by Crippen LogP contribution is -1.78. The molecule has 0 radical (unpaired) electrons. The molecule has 0 amide bonds. The molecule has 0 spiro atoms. The summed E-state index contributed by atoms with van der Waals surface area (Å²) < 4.78 is 34.4. The Kier molecular flexibility index (Phi) is 1.02. The SMILES string of the molecule is [2H]C([2H])([2H])c1cc(Br)ccc1F. The van der Waals surface area contributed by atoms with Gasteiger partial charge in [0, 0.05) is 8.58 Å². The minimum atomic E-state index is -2.38. The summed E-state index contributed by atoms with van der Waals surface area (Å²) in [7, 11) is 0. The summed E-state index contributed by atoms with van der Waals surface area (Å²) in [4.78, 5) is 0. The number of hydrogen-bond donors (Lipinski definition) is 0. The second-order valence-electron chi connectivity index (χ2n) is 1.62. The molecule has 2 heteroatoms. The summed E-state index contributed by atoms with van der Waals surface area (Å²) in [5, 5.41) is 0. The van der Waals surface area contributed by atoms with Crippen LogP contribution in [0, 0.1) is 12.7 Å². The molecular weight excluding hydrogens is 183 g/mol. The first kappa shape index (κ1) is 3.71. The second kappa shape index (κ2) is 2.48. The van der Waals surface area contributed by atoms with Gasteiger partial charge in [0.15, 0.2) is 0 Å². The molecule has 0 fully saturated rings. The van der Waals surface area contributed by atoms with Crippen LogP contribution in [0.5, 0.6) is 0 Å². The number of halogens is 2. The van der Waals surface area contributed by atoms with E-state index in [9.17, 15) is 4.39 Å². The van der Waals surface area contributed by atoms with Crippen molar-refractivity contribution in [3.05, 3.63) is 34.1 Å². The Morgan fingerprint density at radius 2 is 2.44 bits per heavy atom. The van der Waals surface area contributed by atoms with Crippen LogP contribution in [0.3, 0.4) is 0 Å². The molecule has 0 N–H and O–H groups in total. The number of hydrogen-bond acceptors (Lipinski definition) is 0. The van der Waals surface area contributed by atoms with Crippen molar-refractivity contribution in [2.75, 3.05) is 0 Å². The van der Waals surface area contributed by atoms with E-state index in [2.05, 4.69) is 15.9 Å². The maximum atomic E-state index is 12.9. The molecule has 0 nitrogen and oxygen atoms in total. The van der Waals surface area contributed by atoms with Crippen LogP contribution in [0.15, 0.2) is 22.7 Å². The second-order valence-corrected chi connectivity index (χ2v) is 2.54. The maximum Gasteiger partial charge on any atom is 0.126 e. The molecule has 0 unspecified atom stereocenters. The Hall–Kier alpha value is -0.370. The van der Waals surface area contributed by atoms with Gasteiger partial charge in [0.1, 0.15) is 5.82 Å². The quantitative estimate of drug-likeness (QED) is 0.592. The highest BCUT2D eigenvalue weighted by atomic mass is 79.9. The summed E-state index contributed by atoms with van der Waals surface area (Å²) in [5.74, 6) is -0.696. The minimum Gasteiger partial charge on any atom is -0.207 e. The Balaban J connectivity index is 3.23. The third-order valence-corrected chi connectivity index (χ3v) is 1.42. The molecule has 48 valence electrons. The maximum absolute atomic E-state index is 12.9. The Morgan fingerprint density at radius 3 is 3.00 bits per heavy atom. The van der Waals surface area contributed by atoms with Crippen molar-refractivity contribution in [1.29, 1.82) is 0 Å². The first-order chi connectivity index (χ1) is 5.41. The van der Waals surface area contributed by atoms with Gasteiger partial charge in [-0.3, -0.25) is 0 Å². The van der Waals surface area contributed by atoms with Crippen LogP contribution in [0.25, 0.3) is 0 Å². The van der Waals surface area contributed by atoms with Crippen molar-refractivity contribution >= 4 is 15.9 Å². The van der Waals surface area contributed by atoms with Gasteiger partial charge < -0.3 is 0 Å². The minimum absolute atomic E-state index is 0.253. The zero-order valence-corrected chi connectivity index (χ0v) is 6.07. The molecule has 1 rings (SSSR count). The molecule has 0 heterocycles. The smallest absolute Gasteiger partial charge is 0.126 e. The summed E-state index contributed by atoms with van der Waals surface area (Å²) in [6, 6.07) is 3.86.